The van der Waals surface area contributed by atoms with Crippen molar-refractivity contribution in [3.8, 4) is 5.75 Å². The molecule has 22 heavy (non-hydrogen) atoms. The highest BCUT2D eigenvalue weighted by atomic mass is 16.3. The van der Waals surface area contributed by atoms with Gasteiger partial charge < -0.3 is 15.7 Å². The van der Waals surface area contributed by atoms with Gasteiger partial charge in [0, 0.05) is 23.7 Å². The van der Waals surface area contributed by atoms with Crippen LogP contribution in [0.2, 0.25) is 0 Å². The molecule has 0 radical (unpaired) electrons. The SMILES string of the molecule is CC(C)(C)NC(=O)Nc1ccc(Cc2ccccc2)c(O)c1. The molecule has 0 saturated heterocycles. The molecule has 0 aliphatic rings. The van der Waals surface area contributed by atoms with E-state index in [-0.39, 0.29) is 17.3 Å². The van der Waals surface area contributed by atoms with E-state index in [9.17, 15) is 9.90 Å². The molecule has 0 unspecified atom stereocenters. The van der Waals surface area contributed by atoms with Gasteiger partial charge >= 0.3 is 6.03 Å². The Hall–Kier alpha value is -2.49. The Balaban J connectivity index is 2.05. The molecule has 0 aromatic heterocycles. The molecule has 116 valence electrons. The lowest BCUT2D eigenvalue weighted by Gasteiger charge is -2.20. The van der Waals surface area contributed by atoms with E-state index in [1.165, 1.54) is 0 Å². The number of amides is 2. The summed E-state index contributed by atoms with van der Waals surface area (Å²) in [5.74, 6) is 0.178. The van der Waals surface area contributed by atoms with Gasteiger partial charge in [-0.1, -0.05) is 36.4 Å². The van der Waals surface area contributed by atoms with E-state index in [1.54, 1.807) is 12.1 Å². The average Bonchev–Trinajstić information content (AvgIpc) is 2.41. The second-order valence-corrected chi connectivity index (χ2v) is 6.33. The van der Waals surface area contributed by atoms with Crippen molar-refractivity contribution >= 4 is 11.7 Å². The minimum absolute atomic E-state index is 0.178. The number of carbonyl (C=O) groups is 1. The third-order valence-corrected chi connectivity index (χ3v) is 3.07. The van der Waals surface area contributed by atoms with Crippen LogP contribution in [0.15, 0.2) is 48.5 Å². The van der Waals surface area contributed by atoms with Crippen molar-refractivity contribution < 1.29 is 9.90 Å². The predicted molar refractivity (Wildman–Crippen MR) is 89.3 cm³/mol. The van der Waals surface area contributed by atoms with Crippen molar-refractivity contribution in [2.75, 3.05) is 5.32 Å². The van der Waals surface area contributed by atoms with Crippen LogP contribution in [-0.2, 0) is 6.42 Å². The van der Waals surface area contributed by atoms with Gasteiger partial charge in [-0.25, -0.2) is 4.79 Å². The fourth-order valence-corrected chi connectivity index (χ4v) is 2.11. The summed E-state index contributed by atoms with van der Waals surface area (Å²) in [5.41, 5.74) is 2.22. The summed E-state index contributed by atoms with van der Waals surface area (Å²) < 4.78 is 0. The minimum atomic E-state index is -0.306. The van der Waals surface area contributed by atoms with E-state index in [2.05, 4.69) is 10.6 Å². The smallest absolute Gasteiger partial charge is 0.319 e. The van der Waals surface area contributed by atoms with Gasteiger partial charge in [0.25, 0.3) is 0 Å². The number of phenols is 1. The molecule has 0 fully saturated rings. The van der Waals surface area contributed by atoms with Gasteiger partial charge in [0.15, 0.2) is 0 Å². The van der Waals surface area contributed by atoms with Crippen LogP contribution < -0.4 is 10.6 Å². The lowest BCUT2D eigenvalue weighted by molar-refractivity contribution is 0.244. The van der Waals surface area contributed by atoms with Gasteiger partial charge in [-0.05, 0) is 38.0 Å². The van der Waals surface area contributed by atoms with E-state index in [0.29, 0.717) is 12.1 Å². The molecule has 2 aromatic rings. The van der Waals surface area contributed by atoms with Crippen molar-refractivity contribution in [3.63, 3.8) is 0 Å². The van der Waals surface area contributed by atoms with Crippen molar-refractivity contribution in [2.45, 2.75) is 32.7 Å². The molecular weight excluding hydrogens is 276 g/mol. The van der Waals surface area contributed by atoms with Crippen LogP contribution in [0.5, 0.6) is 5.75 Å². The molecular formula is C18H22N2O2. The van der Waals surface area contributed by atoms with Gasteiger partial charge in [-0.2, -0.15) is 0 Å². The van der Waals surface area contributed by atoms with Crippen LogP contribution in [0.1, 0.15) is 31.9 Å². The third kappa shape index (κ3) is 4.81. The molecule has 0 bridgehead atoms. The maximum atomic E-state index is 11.8. The van der Waals surface area contributed by atoms with Crippen molar-refractivity contribution in [1.82, 2.24) is 5.32 Å². The number of anilines is 1. The Morgan fingerprint density at radius 3 is 2.36 bits per heavy atom. The predicted octanol–water partition coefficient (Wildman–Crippen LogP) is 3.90. The standard InChI is InChI=1S/C18H22N2O2/c1-18(2,3)20-17(22)19-15-10-9-14(16(21)12-15)11-13-7-5-4-6-8-13/h4-10,12,21H,11H2,1-3H3,(H2,19,20,22). The Morgan fingerprint density at radius 1 is 1.09 bits per heavy atom. The zero-order valence-corrected chi connectivity index (χ0v) is 13.2. The van der Waals surface area contributed by atoms with Crippen LogP contribution in [0, 0.1) is 0 Å². The number of benzene rings is 2. The Bertz CT molecular complexity index is 646. The Kier molecular flexibility index (Phi) is 4.71. The van der Waals surface area contributed by atoms with Crippen molar-refractivity contribution in [3.05, 3.63) is 59.7 Å². The van der Waals surface area contributed by atoms with E-state index in [4.69, 9.17) is 0 Å². The summed E-state index contributed by atoms with van der Waals surface area (Å²) >= 11 is 0. The maximum absolute atomic E-state index is 11.8. The summed E-state index contributed by atoms with van der Waals surface area (Å²) in [6.45, 7) is 5.73. The van der Waals surface area contributed by atoms with E-state index < -0.39 is 0 Å². The molecule has 0 spiro atoms. The van der Waals surface area contributed by atoms with Crippen LogP contribution in [0.3, 0.4) is 0 Å². The summed E-state index contributed by atoms with van der Waals surface area (Å²) in [6, 6.07) is 14.8. The van der Waals surface area contributed by atoms with Gasteiger partial charge in [0.05, 0.1) is 0 Å². The second-order valence-electron chi connectivity index (χ2n) is 6.33. The molecule has 0 saturated carbocycles. The first-order chi connectivity index (χ1) is 10.3. The third-order valence-electron chi connectivity index (χ3n) is 3.07. The zero-order chi connectivity index (χ0) is 16.2. The molecule has 0 aliphatic carbocycles. The molecule has 4 nitrogen and oxygen atoms in total. The zero-order valence-electron chi connectivity index (χ0n) is 13.2. The number of carbonyl (C=O) groups excluding carboxylic acids is 1. The van der Waals surface area contributed by atoms with Gasteiger partial charge in [-0.15, -0.1) is 0 Å². The maximum Gasteiger partial charge on any atom is 0.319 e. The molecule has 0 aliphatic heterocycles. The second kappa shape index (κ2) is 6.52. The van der Waals surface area contributed by atoms with Crippen LogP contribution in [0.25, 0.3) is 0 Å². The summed E-state index contributed by atoms with van der Waals surface area (Å²) in [7, 11) is 0. The molecule has 3 N–H and O–H groups in total. The number of urea groups is 1. The van der Waals surface area contributed by atoms with Crippen molar-refractivity contribution in [1.29, 1.82) is 0 Å². The first kappa shape index (κ1) is 15.9. The molecule has 0 atom stereocenters. The van der Waals surface area contributed by atoms with Crippen molar-refractivity contribution in [2.24, 2.45) is 0 Å². The minimum Gasteiger partial charge on any atom is -0.508 e. The van der Waals surface area contributed by atoms with Gasteiger partial charge in [0.2, 0.25) is 0 Å². The quantitative estimate of drug-likeness (QED) is 0.804. The molecule has 2 rings (SSSR count). The highest BCUT2D eigenvalue weighted by molar-refractivity contribution is 5.90. The van der Waals surface area contributed by atoms with Gasteiger partial charge in [0.1, 0.15) is 5.75 Å². The normalized spacial score (nSPS) is 11.0. The molecule has 2 aromatic carbocycles. The fraction of sp³-hybridized carbons (Fsp3) is 0.278. The lowest BCUT2D eigenvalue weighted by Crippen LogP contribution is -2.43. The topological polar surface area (TPSA) is 61.4 Å². The summed E-state index contributed by atoms with van der Waals surface area (Å²) in [6.07, 6.45) is 0.654. The number of hydrogen-bond acceptors (Lipinski definition) is 2. The largest absolute Gasteiger partial charge is 0.508 e. The van der Waals surface area contributed by atoms with E-state index in [1.807, 2.05) is 57.2 Å². The Labute approximate surface area is 131 Å². The monoisotopic (exact) mass is 298 g/mol. The summed E-state index contributed by atoms with van der Waals surface area (Å²) in [4.78, 5) is 11.8. The van der Waals surface area contributed by atoms with Crippen LogP contribution in [-0.4, -0.2) is 16.7 Å². The molecule has 2 amide bonds. The fourth-order valence-electron chi connectivity index (χ4n) is 2.11. The number of aromatic hydroxyl groups is 1. The summed E-state index contributed by atoms with van der Waals surface area (Å²) in [5, 5.41) is 15.7. The first-order valence-corrected chi connectivity index (χ1v) is 7.28. The number of nitrogens with one attached hydrogen (secondary N) is 2. The van der Waals surface area contributed by atoms with E-state index in [0.717, 1.165) is 11.1 Å². The first-order valence-electron chi connectivity index (χ1n) is 7.28. The highest BCUT2D eigenvalue weighted by Crippen LogP contribution is 2.24. The number of phenolic OH excluding ortho intramolecular Hbond substituents is 1. The highest BCUT2D eigenvalue weighted by Gasteiger charge is 2.14. The number of rotatable bonds is 3. The lowest BCUT2D eigenvalue weighted by atomic mass is 10.0. The van der Waals surface area contributed by atoms with E-state index >= 15 is 0 Å². The average molecular weight is 298 g/mol. The Morgan fingerprint density at radius 2 is 1.77 bits per heavy atom. The molecule has 4 heteroatoms. The van der Waals surface area contributed by atoms with Gasteiger partial charge in [-0.3, -0.25) is 0 Å². The van der Waals surface area contributed by atoms with Crippen LogP contribution in [0.4, 0.5) is 10.5 Å². The van der Waals surface area contributed by atoms with Crippen LogP contribution >= 0.6 is 0 Å². The molecule has 0 heterocycles. The number of hydrogen-bond donors (Lipinski definition) is 3.